The fourth-order valence-electron chi connectivity index (χ4n) is 3.90. The lowest BCUT2D eigenvalue weighted by Crippen LogP contribution is -2.43. The minimum atomic E-state index is -1.22. The van der Waals surface area contributed by atoms with Crippen LogP contribution in [0.1, 0.15) is 55.8 Å². The van der Waals surface area contributed by atoms with Crippen molar-refractivity contribution in [1.82, 2.24) is 20.7 Å². The Kier molecular flexibility index (Phi) is 4.84. The van der Waals surface area contributed by atoms with Gasteiger partial charge in [-0.15, -0.1) is 0 Å². The number of aromatic nitrogens is 3. The van der Waals surface area contributed by atoms with Crippen LogP contribution in [0.15, 0.2) is 12.3 Å². The summed E-state index contributed by atoms with van der Waals surface area (Å²) >= 11 is 0. The molecular formula is C20H23F2N5O2. The summed E-state index contributed by atoms with van der Waals surface area (Å²) in [6, 6.07) is 1.18. The second-order valence-corrected chi connectivity index (χ2v) is 8.19. The van der Waals surface area contributed by atoms with E-state index in [0.717, 1.165) is 23.4 Å². The number of nitrogens with one attached hydrogen (secondary N) is 2. The number of benzene rings is 1. The van der Waals surface area contributed by atoms with E-state index < -0.39 is 28.9 Å². The van der Waals surface area contributed by atoms with E-state index in [0.29, 0.717) is 24.9 Å². The second kappa shape index (κ2) is 7.20. The lowest BCUT2D eigenvalue weighted by Gasteiger charge is -2.20. The normalized spacial score (nSPS) is 17.5. The Morgan fingerprint density at radius 1 is 1.38 bits per heavy atom. The van der Waals surface area contributed by atoms with Crippen molar-refractivity contribution in [2.45, 2.75) is 50.9 Å². The highest BCUT2D eigenvalue weighted by molar-refractivity contribution is 6.10. The molecular weight excluding hydrogens is 380 g/mol. The van der Waals surface area contributed by atoms with E-state index in [2.05, 4.69) is 20.7 Å². The van der Waals surface area contributed by atoms with Gasteiger partial charge in [-0.2, -0.15) is 15.4 Å². The van der Waals surface area contributed by atoms with Crippen LogP contribution in [0.2, 0.25) is 0 Å². The molecule has 1 saturated carbocycles. The average molecular weight is 403 g/mol. The number of carbonyl (C=O) groups excluding carboxylic acids is 2. The lowest BCUT2D eigenvalue weighted by molar-refractivity contribution is -0.125. The first-order valence-electron chi connectivity index (χ1n) is 9.76. The number of H-pyrrole nitrogens is 1. The lowest BCUT2D eigenvalue weighted by atomic mass is 9.84. The van der Waals surface area contributed by atoms with Crippen LogP contribution in [0, 0.1) is 11.6 Å². The van der Waals surface area contributed by atoms with Gasteiger partial charge in [-0.3, -0.25) is 14.5 Å². The van der Waals surface area contributed by atoms with E-state index >= 15 is 4.39 Å². The summed E-state index contributed by atoms with van der Waals surface area (Å²) < 4.78 is 30.0. The molecule has 0 radical (unpaired) electrons. The number of hydrogen-bond acceptors (Lipinski definition) is 4. The molecule has 154 valence electrons. The second-order valence-electron chi connectivity index (χ2n) is 8.19. The number of nitrogens with zero attached hydrogens (tertiary/aromatic N) is 3. The molecule has 1 aliphatic carbocycles. The highest BCUT2D eigenvalue weighted by Crippen LogP contribution is 2.50. The molecule has 7 nitrogen and oxygen atoms in total. The van der Waals surface area contributed by atoms with Gasteiger partial charge in [-0.25, -0.2) is 8.78 Å². The van der Waals surface area contributed by atoms with Crippen LogP contribution in [0.3, 0.4) is 0 Å². The molecule has 1 aromatic carbocycles. The van der Waals surface area contributed by atoms with Crippen molar-refractivity contribution in [3.05, 3.63) is 40.7 Å². The zero-order valence-corrected chi connectivity index (χ0v) is 16.4. The topological polar surface area (TPSA) is 91.0 Å². The van der Waals surface area contributed by atoms with Crippen LogP contribution in [-0.2, 0) is 21.4 Å². The summed E-state index contributed by atoms with van der Waals surface area (Å²) in [7, 11) is 0. The van der Waals surface area contributed by atoms with Crippen LogP contribution >= 0.6 is 0 Å². The molecule has 0 atom stereocenters. The number of fused-ring (bicyclic) bond motifs is 1. The zero-order valence-electron chi connectivity index (χ0n) is 16.4. The molecule has 9 heteroatoms. The Bertz CT molecular complexity index is 954. The maximum absolute atomic E-state index is 15.1. The molecule has 2 amide bonds. The summed E-state index contributed by atoms with van der Waals surface area (Å²) in [5, 5.41) is 12.9. The van der Waals surface area contributed by atoms with Gasteiger partial charge in [0.25, 0.3) is 0 Å². The van der Waals surface area contributed by atoms with E-state index in [1.54, 1.807) is 20.0 Å². The van der Waals surface area contributed by atoms with Gasteiger partial charge in [0.05, 0.1) is 23.0 Å². The molecule has 0 unspecified atom stereocenters. The van der Waals surface area contributed by atoms with E-state index in [4.69, 9.17) is 0 Å². The van der Waals surface area contributed by atoms with Crippen molar-refractivity contribution in [2.75, 3.05) is 18.0 Å². The molecule has 0 bridgehead atoms. The Morgan fingerprint density at radius 3 is 2.79 bits per heavy atom. The van der Waals surface area contributed by atoms with Gasteiger partial charge in [0.15, 0.2) is 0 Å². The number of halogens is 2. The number of aryl methyl sites for hydroxylation is 1. The van der Waals surface area contributed by atoms with Crippen molar-refractivity contribution >= 4 is 17.5 Å². The summed E-state index contributed by atoms with van der Waals surface area (Å²) in [5.41, 5.74) is -0.156. The average Bonchev–Trinajstić information content (AvgIpc) is 3.34. The molecule has 1 fully saturated rings. The van der Waals surface area contributed by atoms with Gasteiger partial charge < -0.3 is 5.32 Å². The molecule has 0 saturated heterocycles. The third-order valence-corrected chi connectivity index (χ3v) is 5.61. The molecule has 1 aromatic heterocycles. The predicted octanol–water partition coefficient (Wildman–Crippen LogP) is 2.33. The number of anilines is 1. The number of carbonyl (C=O) groups is 2. The summed E-state index contributed by atoms with van der Waals surface area (Å²) in [4.78, 5) is 26.3. The fraction of sp³-hybridized carbons (Fsp3) is 0.500. The minimum Gasteiger partial charge on any atom is -0.355 e. The minimum absolute atomic E-state index is 0.0165. The number of rotatable bonds is 7. The Morgan fingerprint density at radius 2 is 2.14 bits per heavy atom. The Hall–Kier alpha value is -2.84. The van der Waals surface area contributed by atoms with E-state index in [1.807, 2.05) is 0 Å². The Labute approximate surface area is 166 Å². The fourth-order valence-corrected chi connectivity index (χ4v) is 3.90. The molecule has 2 aromatic rings. The zero-order chi connectivity index (χ0) is 20.8. The van der Waals surface area contributed by atoms with Gasteiger partial charge in [0.1, 0.15) is 18.2 Å². The highest BCUT2D eigenvalue weighted by atomic mass is 19.1. The van der Waals surface area contributed by atoms with Crippen molar-refractivity contribution < 1.29 is 18.4 Å². The summed E-state index contributed by atoms with van der Waals surface area (Å²) in [6.07, 6.45) is 4.53. The van der Waals surface area contributed by atoms with Gasteiger partial charge in [-0.1, -0.05) is 0 Å². The monoisotopic (exact) mass is 403 g/mol. The smallest absolute Gasteiger partial charge is 0.240 e. The predicted molar refractivity (Wildman–Crippen MR) is 101 cm³/mol. The molecule has 2 aliphatic rings. The third kappa shape index (κ3) is 3.49. The van der Waals surface area contributed by atoms with Crippen molar-refractivity contribution in [3.8, 4) is 0 Å². The highest BCUT2D eigenvalue weighted by Gasteiger charge is 2.49. The van der Waals surface area contributed by atoms with E-state index in [1.165, 1.54) is 6.07 Å². The van der Waals surface area contributed by atoms with E-state index in [9.17, 15) is 14.0 Å². The van der Waals surface area contributed by atoms with Crippen LogP contribution in [0.25, 0.3) is 0 Å². The van der Waals surface area contributed by atoms with Crippen LogP contribution in [0.5, 0.6) is 0 Å². The van der Waals surface area contributed by atoms with Crippen LogP contribution in [-0.4, -0.2) is 40.3 Å². The Balaban J connectivity index is 1.48. The van der Waals surface area contributed by atoms with E-state index in [-0.39, 0.29) is 23.7 Å². The van der Waals surface area contributed by atoms with Gasteiger partial charge in [-0.05, 0) is 57.1 Å². The van der Waals surface area contributed by atoms with Gasteiger partial charge in [0.2, 0.25) is 11.8 Å². The quantitative estimate of drug-likeness (QED) is 0.695. The molecule has 4 rings (SSSR count). The van der Waals surface area contributed by atoms with Crippen molar-refractivity contribution in [1.29, 1.82) is 0 Å². The van der Waals surface area contributed by atoms with Crippen molar-refractivity contribution in [2.24, 2.45) is 0 Å². The molecule has 2 N–H and O–H groups in total. The summed E-state index contributed by atoms with van der Waals surface area (Å²) in [5.74, 6) is -2.05. The third-order valence-electron chi connectivity index (χ3n) is 5.61. The maximum atomic E-state index is 15.1. The molecule has 2 heterocycles. The SMILES string of the molecule is CC1(C)C(=O)N(CC(=O)NCCCc2cn[nH]n2)c2c(F)cc(C3CC3)c(F)c21. The van der Waals surface area contributed by atoms with Gasteiger partial charge >= 0.3 is 0 Å². The number of hydrogen-bond donors (Lipinski definition) is 2. The number of amides is 2. The van der Waals surface area contributed by atoms with Crippen LogP contribution < -0.4 is 10.2 Å². The molecule has 0 spiro atoms. The van der Waals surface area contributed by atoms with Crippen molar-refractivity contribution in [3.63, 3.8) is 0 Å². The largest absolute Gasteiger partial charge is 0.355 e. The first kappa shape index (κ1) is 19.5. The molecule has 1 aliphatic heterocycles. The molecule has 29 heavy (non-hydrogen) atoms. The standard InChI is InChI=1S/C20H23F2N5O2/c1-20(2)16-17(22)13(11-5-6-11)8-14(21)18(16)27(19(20)29)10-15(28)23-7-3-4-12-9-24-26-25-12/h8-9,11H,3-7,10H2,1-2H3,(H,23,28)(H,24,25,26). The maximum Gasteiger partial charge on any atom is 0.240 e. The van der Waals surface area contributed by atoms with Crippen LogP contribution in [0.4, 0.5) is 14.5 Å². The number of aromatic amines is 1. The van der Waals surface area contributed by atoms with Gasteiger partial charge in [0, 0.05) is 12.1 Å². The first-order valence-corrected chi connectivity index (χ1v) is 9.76. The summed E-state index contributed by atoms with van der Waals surface area (Å²) in [6.45, 7) is 3.17. The first-order chi connectivity index (χ1) is 13.8.